The van der Waals surface area contributed by atoms with Crippen molar-refractivity contribution in [1.29, 1.82) is 0 Å². The number of hydrogen-bond donors (Lipinski definition) is 0. The highest BCUT2D eigenvalue weighted by molar-refractivity contribution is 5.08. The molecule has 170 valence electrons. The quantitative estimate of drug-likeness (QED) is 0.259. The monoisotopic (exact) mass is 412 g/mol. The van der Waals surface area contributed by atoms with E-state index in [4.69, 9.17) is 4.74 Å². The van der Waals surface area contributed by atoms with E-state index in [1.165, 1.54) is 103 Å². The number of unbranched alkanes of at least 4 members (excludes halogenated alkanes) is 2. The van der Waals surface area contributed by atoms with E-state index >= 15 is 0 Å². The molecule has 0 aromatic rings. The lowest BCUT2D eigenvalue weighted by atomic mass is 9.69. The van der Waals surface area contributed by atoms with Crippen LogP contribution in [0.4, 0.5) is 0 Å². The second-order valence-electron chi connectivity index (χ2n) is 11.9. The smallest absolute Gasteiger partial charge is 0.0462 e. The van der Waals surface area contributed by atoms with Gasteiger partial charge in [0.2, 0.25) is 0 Å². The van der Waals surface area contributed by atoms with E-state index in [9.17, 15) is 0 Å². The molecule has 1 nitrogen and oxygen atoms in total. The first-order chi connectivity index (χ1) is 14.6. The van der Waals surface area contributed by atoms with Gasteiger partial charge in [-0.3, -0.25) is 0 Å². The Morgan fingerprint density at radius 1 is 0.733 bits per heavy atom. The normalized spacial score (nSPS) is 37.2. The van der Waals surface area contributed by atoms with Crippen molar-refractivity contribution in [3.63, 3.8) is 0 Å². The molecule has 6 atom stereocenters. The maximum absolute atomic E-state index is 5.28. The molecule has 0 N–H and O–H groups in total. The standard InChI is InChI=1S/C29H48O/c1-21-13-26-10-8-24(19-28(26)15-21)17-23(7-5-4-6-12-30-3)18-25-9-11-27-14-22(2)16-29(27)20-25/h23-29H,1-2,4-20H2,3H3. The van der Waals surface area contributed by atoms with Crippen molar-refractivity contribution in [3.8, 4) is 0 Å². The highest BCUT2D eigenvalue weighted by atomic mass is 16.5. The van der Waals surface area contributed by atoms with Crippen molar-refractivity contribution in [3.05, 3.63) is 24.3 Å². The van der Waals surface area contributed by atoms with Gasteiger partial charge in [-0.15, -0.1) is 0 Å². The van der Waals surface area contributed by atoms with E-state index in [2.05, 4.69) is 13.2 Å². The molecule has 0 bridgehead atoms. The van der Waals surface area contributed by atoms with Gasteiger partial charge < -0.3 is 4.74 Å². The van der Waals surface area contributed by atoms with E-state index in [1.54, 1.807) is 11.1 Å². The zero-order valence-corrected chi connectivity index (χ0v) is 19.9. The number of allylic oxidation sites excluding steroid dienone is 2. The molecule has 1 heteroatoms. The number of hydrogen-bond acceptors (Lipinski definition) is 1. The van der Waals surface area contributed by atoms with Gasteiger partial charge in [0.05, 0.1) is 0 Å². The zero-order valence-electron chi connectivity index (χ0n) is 19.9. The molecular weight excluding hydrogens is 364 g/mol. The third-order valence-corrected chi connectivity index (χ3v) is 9.49. The van der Waals surface area contributed by atoms with E-state index in [-0.39, 0.29) is 0 Å². The summed E-state index contributed by atoms with van der Waals surface area (Å²) in [5, 5.41) is 0. The number of fused-ring (bicyclic) bond motifs is 2. The van der Waals surface area contributed by atoms with Gasteiger partial charge in [-0.2, -0.15) is 0 Å². The summed E-state index contributed by atoms with van der Waals surface area (Å²) in [7, 11) is 1.84. The molecule has 30 heavy (non-hydrogen) atoms. The Morgan fingerprint density at radius 3 is 1.80 bits per heavy atom. The van der Waals surface area contributed by atoms with E-state index < -0.39 is 0 Å². The van der Waals surface area contributed by atoms with Gasteiger partial charge >= 0.3 is 0 Å². The SMILES string of the molecule is C=C1CC2CCC(CC(CCCCCOC)CC3CCC4CC(=C)CC4C3)CC2C1. The van der Waals surface area contributed by atoms with Crippen LogP contribution in [-0.2, 0) is 4.74 Å². The molecule has 0 amide bonds. The third kappa shape index (κ3) is 6.02. The van der Waals surface area contributed by atoms with Crippen LogP contribution in [0, 0.1) is 41.4 Å². The summed E-state index contributed by atoms with van der Waals surface area (Å²) in [6, 6.07) is 0. The molecule has 4 saturated carbocycles. The highest BCUT2D eigenvalue weighted by Gasteiger charge is 2.38. The van der Waals surface area contributed by atoms with Crippen molar-refractivity contribution in [1.82, 2.24) is 0 Å². The van der Waals surface area contributed by atoms with Crippen LogP contribution in [0.3, 0.4) is 0 Å². The predicted molar refractivity (Wildman–Crippen MR) is 128 cm³/mol. The van der Waals surface area contributed by atoms with Crippen LogP contribution in [0.25, 0.3) is 0 Å². The van der Waals surface area contributed by atoms with Crippen molar-refractivity contribution < 1.29 is 4.74 Å². The van der Waals surface area contributed by atoms with Crippen molar-refractivity contribution in [2.75, 3.05) is 13.7 Å². The highest BCUT2D eigenvalue weighted by Crippen LogP contribution is 2.50. The summed E-state index contributed by atoms with van der Waals surface area (Å²) < 4.78 is 5.28. The van der Waals surface area contributed by atoms with Crippen LogP contribution in [0.1, 0.15) is 103 Å². The van der Waals surface area contributed by atoms with Crippen LogP contribution in [0.2, 0.25) is 0 Å². The molecule has 0 heterocycles. The average molecular weight is 413 g/mol. The second-order valence-corrected chi connectivity index (χ2v) is 11.9. The van der Waals surface area contributed by atoms with Crippen LogP contribution >= 0.6 is 0 Å². The molecule has 0 aromatic heterocycles. The van der Waals surface area contributed by atoms with Gasteiger partial charge in [-0.1, -0.05) is 56.4 Å². The Balaban J connectivity index is 1.28. The third-order valence-electron chi connectivity index (χ3n) is 9.49. The first-order valence-corrected chi connectivity index (χ1v) is 13.4. The van der Waals surface area contributed by atoms with Crippen molar-refractivity contribution in [2.24, 2.45) is 41.4 Å². The van der Waals surface area contributed by atoms with E-state index in [0.29, 0.717) is 0 Å². The molecule has 0 spiro atoms. The largest absolute Gasteiger partial charge is 0.385 e. The lowest BCUT2D eigenvalue weighted by Crippen LogP contribution is -2.25. The number of rotatable bonds is 10. The second kappa shape index (κ2) is 10.8. The average Bonchev–Trinajstić information content (AvgIpc) is 3.27. The summed E-state index contributed by atoms with van der Waals surface area (Å²) in [4.78, 5) is 0. The fraction of sp³-hybridized carbons (Fsp3) is 0.862. The molecule has 6 unspecified atom stereocenters. The topological polar surface area (TPSA) is 9.23 Å². The minimum Gasteiger partial charge on any atom is -0.385 e. The lowest BCUT2D eigenvalue weighted by Gasteiger charge is -2.37. The Hall–Kier alpha value is -0.560. The van der Waals surface area contributed by atoms with E-state index in [1.807, 2.05) is 7.11 Å². The van der Waals surface area contributed by atoms with Gasteiger partial charge in [0.15, 0.2) is 0 Å². The molecule has 4 fully saturated rings. The van der Waals surface area contributed by atoms with Crippen LogP contribution in [0.5, 0.6) is 0 Å². The van der Waals surface area contributed by atoms with Gasteiger partial charge in [-0.25, -0.2) is 0 Å². The maximum Gasteiger partial charge on any atom is 0.0462 e. The first kappa shape index (κ1) is 22.6. The molecular formula is C29H48O. The fourth-order valence-electron chi connectivity index (χ4n) is 8.09. The molecule has 0 saturated heterocycles. The van der Waals surface area contributed by atoms with Crippen LogP contribution in [0.15, 0.2) is 24.3 Å². The lowest BCUT2D eigenvalue weighted by molar-refractivity contribution is 0.143. The van der Waals surface area contributed by atoms with Gasteiger partial charge in [-0.05, 0) is 112 Å². The fourth-order valence-corrected chi connectivity index (χ4v) is 8.09. The summed E-state index contributed by atoms with van der Waals surface area (Å²) >= 11 is 0. The van der Waals surface area contributed by atoms with Gasteiger partial charge in [0, 0.05) is 13.7 Å². The van der Waals surface area contributed by atoms with Crippen LogP contribution < -0.4 is 0 Å². The molecule has 4 aliphatic rings. The van der Waals surface area contributed by atoms with Gasteiger partial charge in [0.1, 0.15) is 0 Å². The zero-order chi connectivity index (χ0) is 20.9. The molecule has 0 radical (unpaired) electrons. The summed E-state index contributed by atoms with van der Waals surface area (Å²) in [6.07, 6.45) is 22.9. The molecule has 4 rings (SSSR count). The Labute approximate surface area is 187 Å². The van der Waals surface area contributed by atoms with Crippen molar-refractivity contribution >= 4 is 0 Å². The summed E-state index contributed by atoms with van der Waals surface area (Å²) in [6.45, 7) is 9.58. The van der Waals surface area contributed by atoms with Crippen molar-refractivity contribution in [2.45, 2.75) is 103 Å². The molecule has 0 aromatic carbocycles. The first-order valence-electron chi connectivity index (χ1n) is 13.4. The number of methoxy groups -OCH3 is 1. The maximum atomic E-state index is 5.28. The van der Waals surface area contributed by atoms with E-state index in [0.717, 1.165) is 48.0 Å². The Kier molecular flexibility index (Phi) is 8.18. The Bertz CT molecular complexity index is 533. The Morgan fingerprint density at radius 2 is 1.27 bits per heavy atom. The number of ether oxygens (including phenoxy) is 1. The summed E-state index contributed by atoms with van der Waals surface area (Å²) in [5.74, 6) is 6.94. The minimum absolute atomic E-state index is 0.940. The van der Waals surface area contributed by atoms with Gasteiger partial charge in [0.25, 0.3) is 0 Å². The van der Waals surface area contributed by atoms with Crippen LogP contribution in [-0.4, -0.2) is 13.7 Å². The predicted octanol–water partition coefficient (Wildman–Crippen LogP) is 8.35. The minimum atomic E-state index is 0.940. The molecule has 0 aliphatic heterocycles. The molecule has 4 aliphatic carbocycles. The summed E-state index contributed by atoms with van der Waals surface area (Å²) in [5.41, 5.74) is 3.10.